The normalized spacial score (nSPS) is 14.8. The van der Waals surface area contributed by atoms with Crippen molar-refractivity contribution in [1.82, 2.24) is 0 Å². The summed E-state index contributed by atoms with van der Waals surface area (Å²) in [5.74, 6) is 0. The van der Waals surface area contributed by atoms with E-state index in [0.29, 0.717) is 13.2 Å². The van der Waals surface area contributed by atoms with Gasteiger partial charge in [-0.3, -0.25) is 4.57 Å². The van der Waals surface area contributed by atoms with Crippen molar-refractivity contribution in [3.8, 4) is 0 Å². The van der Waals surface area contributed by atoms with Crippen molar-refractivity contribution in [3.05, 3.63) is 35.9 Å². The smallest absolute Gasteiger partial charge is 0.315 e. The molecule has 1 unspecified atom stereocenters. The highest BCUT2D eigenvalue weighted by Gasteiger charge is 2.18. The van der Waals surface area contributed by atoms with Crippen LogP contribution in [-0.4, -0.2) is 13.0 Å². The van der Waals surface area contributed by atoms with Crippen molar-refractivity contribution in [1.29, 1.82) is 0 Å². The summed E-state index contributed by atoms with van der Waals surface area (Å²) in [7, 11) is 0. The van der Waals surface area contributed by atoms with E-state index in [2.05, 4.69) is 0 Å². The van der Waals surface area contributed by atoms with Crippen molar-refractivity contribution < 1.29 is 13.8 Å². The van der Waals surface area contributed by atoms with Gasteiger partial charge in [0.1, 0.15) is 6.35 Å². The molecule has 15 heavy (non-hydrogen) atoms. The molecule has 0 heterocycles. The van der Waals surface area contributed by atoms with Crippen LogP contribution in [-0.2, 0) is 20.4 Å². The first-order valence-corrected chi connectivity index (χ1v) is 7.40. The highest BCUT2D eigenvalue weighted by atomic mass is 35.7. The number of halogens is 1. The summed E-state index contributed by atoms with van der Waals surface area (Å²) in [6.07, 6.45) is -0.0582. The Labute approximate surface area is 94.6 Å². The highest BCUT2D eigenvalue weighted by molar-refractivity contribution is 7.85. The van der Waals surface area contributed by atoms with Gasteiger partial charge in [-0.15, -0.1) is 0 Å². The third kappa shape index (κ3) is 5.33. The lowest BCUT2D eigenvalue weighted by Gasteiger charge is -2.10. The Morgan fingerprint density at radius 1 is 1.33 bits per heavy atom. The first kappa shape index (κ1) is 12.7. The minimum absolute atomic E-state index is 0.0582. The fourth-order valence-electron chi connectivity index (χ4n) is 1.08. The van der Waals surface area contributed by atoms with Gasteiger partial charge in [0.15, 0.2) is 0 Å². The van der Waals surface area contributed by atoms with E-state index in [4.69, 9.17) is 20.5 Å². The number of benzene rings is 1. The van der Waals surface area contributed by atoms with Crippen molar-refractivity contribution in [2.75, 3.05) is 13.0 Å². The molecule has 1 aromatic carbocycles. The largest absolute Gasteiger partial charge is 0.365 e. The quantitative estimate of drug-likeness (QED) is 0.721. The zero-order valence-electron chi connectivity index (χ0n) is 8.56. The van der Waals surface area contributed by atoms with Crippen LogP contribution in [0.3, 0.4) is 0 Å². The molecule has 0 spiro atoms. The van der Waals surface area contributed by atoms with E-state index in [1.165, 1.54) is 0 Å². The van der Waals surface area contributed by atoms with Gasteiger partial charge in [-0.05, 0) is 23.7 Å². The summed E-state index contributed by atoms with van der Waals surface area (Å²) in [4.78, 5) is 0. The summed E-state index contributed by atoms with van der Waals surface area (Å²) >= 11 is 5.61. The number of hydrogen-bond acceptors (Lipinski definition) is 3. The molecule has 0 amide bonds. The summed E-state index contributed by atoms with van der Waals surface area (Å²) in [5, 5.41) is 0. The van der Waals surface area contributed by atoms with E-state index in [0.717, 1.165) is 5.56 Å². The van der Waals surface area contributed by atoms with Gasteiger partial charge >= 0.3 is 6.72 Å². The van der Waals surface area contributed by atoms with Crippen molar-refractivity contribution in [2.24, 2.45) is 0 Å². The van der Waals surface area contributed by atoms with Crippen LogP contribution >= 0.6 is 18.0 Å². The van der Waals surface area contributed by atoms with E-state index in [1.807, 2.05) is 30.3 Å². The Kier molecular flexibility index (Phi) is 5.34. The van der Waals surface area contributed by atoms with Gasteiger partial charge in [-0.25, -0.2) is 0 Å². The predicted octanol–water partition coefficient (Wildman–Crippen LogP) is 3.63. The Morgan fingerprint density at radius 3 is 2.60 bits per heavy atom. The fraction of sp³-hybridized carbons (Fsp3) is 0.400. The molecule has 0 N–H and O–H groups in total. The molecular formula is C10H14ClO3P. The van der Waals surface area contributed by atoms with Crippen LogP contribution in [0.5, 0.6) is 0 Å². The first-order valence-electron chi connectivity index (χ1n) is 4.69. The zero-order valence-corrected chi connectivity index (χ0v) is 10.2. The third-order valence-corrected chi connectivity index (χ3v) is 3.40. The molecule has 0 bridgehead atoms. The van der Waals surface area contributed by atoms with Gasteiger partial charge in [0.05, 0.1) is 13.2 Å². The molecule has 84 valence electrons. The van der Waals surface area contributed by atoms with E-state index >= 15 is 0 Å². The zero-order chi connectivity index (χ0) is 11.1. The molecule has 0 aliphatic rings. The van der Waals surface area contributed by atoms with Gasteiger partial charge in [0.25, 0.3) is 0 Å². The molecular weight excluding hydrogens is 235 g/mol. The molecule has 0 saturated heterocycles. The molecule has 1 aromatic rings. The Balaban J connectivity index is 2.31. The van der Waals surface area contributed by atoms with Crippen molar-refractivity contribution in [3.63, 3.8) is 0 Å². The summed E-state index contributed by atoms with van der Waals surface area (Å²) < 4.78 is 21.5. The van der Waals surface area contributed by atoms with Crippen LogP contribution in [0.25, 0.3) is 0 Å². The second-order valence-corrected chi connectivity index (χ2v) is 6.21. The second-order valence-electron chi connectivity index (χ2n) is 2.97. The summed E-state index contributed by atoms with van der Waals surface area (Å²) in [5.41, 5.74) is 1.02. The molecule has 0 fully saturated rings. The topological polar surface area (TPSA) is 35.5 Å². The summed E-state index contributed by atoms with van der Waals surface area (Å²) in [6, 6.07) is 9.62. The predicted molar refractivity (Wildman–Crippen MR) is 61.2 cm³/mol. The monoisotopic (exact) mass is 248 g/mol. The Morgan fingerprint density at radius 2 is 2.00 bits per heavy atom. The molecule has 0 saturated carbocycles. The number of rotatable bonds is 6. The maximum absolute atomic E-state index is 11.4. The van der Waals surface area contributed by atoms with Gasteiger partial charge < -0.3 is 9.26 Å². The van der Waals surface area contributed by atoms with Gasteiger partial charge in [0.2, 0.25) is 0 Å². The molecule has 3 nitrogen and oxygen atoms in total. The molecule has 1 atom stereocenters. The molecule has 0 aliphatic carbocycles. The lowest BCUT2D eigenvalue weighted by Crippen LogP contribution is -1.96. The third-order valence-electron chi connectivity index (χ3n) is 1.68. The maximum atomic E-state index is 11.4. The Bertz CT molecular complexity index is 329. The summed E-state index contributed by atoms with van der Waals surface area (Å²) in [6.45, 7) is -0.615. The van der Waals surface area contributed by atoms with Crippen LogP contribution in [0.1, 0.15) is 12.5 Å². The molecule has 1 rings (SSSR count). The van der Waals surface area contributed by atoms with Crippen LogP contribution < -0.4 is 0 Å². The average Bonchev–Trinajstić information content (AvgIpc) is 2.19. The first-order chi connectivity index (χ1) is 7.14. The minimum Gasteiger partial charge on any atom is -0.365 e. The van der Waals surface area contributed by atoms with Crippen LogP contribution in [0.4, 0.5) is 0 Å². The number of ether oxygens (including phenoxy) is 1. The van der Waals surface area contributed by atoms with Crippen LogP contribution in [0, 0.1) is 0 Å². The molecule has 0 aromatic heterocycles. The maximum Gasteiger partial charge on any atom is 0.315 e. The van der Waals surface area contributed by atoms with Crippen molar-refractivity contribution in [2.45, 2.75) is 13.5 Å². The van der Waals surface area contributed by atoms with E-state index < -0.39 is 6.72 Å². The van der Waals surface area contributed by atoms with Gasteiger partial charge in [-0.2, -0.15) is 0 Å². The van der Waals surface area contributed by atoms with Crippen LogP contribution in [0.15, 0.2) is 30.3 Å². The van der Waals surface area contributed by atoms with Gasteiger partial charge in [-0.1, -0.05) is 30.3 Å². The standard InChI is InChI=1S/C10H14ClO3P/c1-2-14-15(11,12)9-13-8-10-6-4-3-5-7-10/h3-7H,2,8-9H2,1H3. The second kappa shape index (κ2) is 6.29. The molecule has 5 heteroatoms. The SMILES string of the molecule is CCOP(=O)(Cl)COCc1ccccc1. The lowest BCUT2D eigenvalue weighted by atomic mass is 10.2. The molecule has 0 radical (unpaired) electrons. The van der Waals surface area contributed by atoms with Crippen LogP contribution in [0.2, 0.25) is 0 Å². The van der Waals surface area contributed by atoms with Gasteiger partial charge in [0, 0.05) is 0 Å². The minimum atomic E-state index is -3.08. The van der Waals surface area contributed by atoms with E-state index in [9.17, 15) is 4.57 Å². The van der Waals surface area contributed by atoms with E-state index in [1.54, 1.807) is 6.92 Å². The van der Waals surface area contributed by atoms with E-state index in [-0.39, 0.29) is 6.35 Å². The Hall–Kier alpha value is -0.340. The highest BCUT2D eigenvalue weighted by Crippen LogP contribution is 2.52. The fourth-order valence-corrected chi connectivity index (χ4v) is 2.35. The van der Waals surface area contributed by atoms with Crippen molar-refractivity contribution >= 4 is 18.0 Å². The lowest BCUT2D eigenvalue weighted by molar-refractivity contribution is 0.152. The average molecular weight is 249 g/mol. The molecule has 0 aliphatic heterocycles. The number of hydrogen-bond donors (Lipinski definition) is 0.